The Hall–Kier alpha value is -2.60. The summed E-state index contributed by atoms with van der Waals surface area (Å²) >= 11 is 0. The summed E-state index contributed by atoms with van der Waals surface area (Å²) in [6, 6.07) is 12.5. The molecule has 1 heterocycles. The molecule has 0 saturated carbocycles. The summed E-state index contributed by atoms with van der Waals surface area (Å²) < 4.78 is 29.7. The number of benzene rings is 2. The van der Waals surface area contributed by atoms with Crippen LogP contribution in [-0.4, -0.2) is 38.4 Å². The minimum Gasteiger partial charge on any atom is -0.497 e. The van der Waals surface area contributed by atoms with E-state index in [-0.39, 0.29) is 23.9 Å². The van der Waals surface area contributed by atoms with Crippen molar-refractivity contribution in [3.8, 4) is 11.5 Å². The molecule has 5 nitrogen and oxygen atoms in total. The first-order chi connectivity index (χ1) is 12.2. The van der Waals surface area contributed by atoms with E-state index in [1.807, 2.05) is 0 Å². The van der Waals surface area contributed by atoms with Crippen LogP contribution in [-0.2, 0) is 4.74 Å². The molecule has 1 amide bonds. The van der Waals surface area contributed by atoms with Gasteiger partial charge in [-0.3, -0.25) is 4.79 Å². The van der Waals surface area contributed by atoms with E-state index in [9.17, 15) is 9.18 Å². The lowest BCUT2D eigenvalue weighted by Gasteiger charge is -2.32. The van der Waals surface area contributed by atoms with Gasteiger partial charge in [0.2, 0.25) is 0 Å². The van der Waals surface area contributed by atoms with Gasteiger partial charge in [-0.05, 0) is 36.4 Å². The largest absolute Gasteiger partial charge is 0.497 e. The van der Waals surface area contributed by atoms with Crippen molar-refractivity contribution in [2.45, 2.75) is 18.6 Å². The van der Waals surface area contributed by atoms with Crippen molar-refractivity contribution in [1.29, 1.82) is 0 Å². The molecule has 0 bridgehead atoms. The number of halogens is 1. The second-order valence-corrected chi connectivity index (χ2v) is 5.79. The maximum atomic E-state index is 13.3. The summed E-state index contributed by atoms with van der Waals surface area (Å²) in [6.07, 6.45) is 0.335. The number of nitrogens with one attached hydrogen (secondary N) is 1. The fraction of sp³-hybridized carbons (Fsp3) is 0.316. The van der Waals surface area contributed by atoms with Gasteiger partial charge >= 0.3 is 0 Å². The number of hydrogen-bond donors (Lipinski definition) is 1. The summed E-state index contributed by atoms with van der Waals surface area (Å²) in [4.78, 5) is 12.4. The van der Waals surface area contributed by atoms with Gasteiger partial charge < -0.3 is 19.5 Å². The van der Waals surface area contributed by atoms with Gasteiger partial charge in [0.05, 0.1) is 26.4 Å². The van der Waals surface area contributed by atoms with E-state index in [1.54, 1.807) is 43.5 Å². The third-order valence-electron chi connectivity index (χ3n) is 4.05. The van der Waals surface area contributed by atoms with Crippen molar-refractivity contribution in [2.24, 2.45) is 0 Å². The number of rotatable bonds is 5. The molecule has 0 aliphatic carbocycles. The molecule has 132 valence electrons. The van der Waals surface area contributed by atoms with Crippen LogP contribution >= 0.6 is 0 Å². The molecule has 6 heteroatoms. The molecule has 1 aliphatic rings. The van der Waals surface area contributed by atoms with Gasteiger partial charge in [0.1, 0.15) is 23.4 Å². The van der Waals surface area contributed by atoms with Crippen LogP contribution in [0.15, 0.2) is 48.5 Å². The molecular formula is C19H20FNO4. The molecule has 25 heavy (non-hydrogen) atoms. The number of hydrogen-bond acceptors (Lipinski definition) is 4. The van der Waals surface area contributed by atoms with Crippen molar-refractivity contribution < 1.29 is 23.4 Å². The maximum absolute atomic E-state index is 13.3. The first-order valence-corrected chi connectivity index (χ1v) is 8.10. The van der Waals surface area contributed by atoms with E-state index in [0.29, 0.717) is 36.7 Å². The first kappa shape index (κ1) is 17.2. The first-order valence-electron chi connectivity index (χ1n) is 8.10. The van der Waals surface area contributed by atoms with Gasteiger partial charge in [0.15, 0.2) is 0 Å². The monoisotopic (exact) mass is 345 g/mol. The molecule has 2 atom stereocenters. The summed E-state index contributed by atoms with van der Waals surface area (Å²) in [5, 5.41) is 2.93. The van der Waals surface area contributed by atoms with Crippen LogP contribution < -0.4 is 14.8 Å². The zero-order valence-corrected chi connectivity index (χ0v) is 13.9. The average molecular weight is 345 g/mol. The average Bonchev–Trinajstić information content (AvgIpc) is 2.63. The smallest absolute Gasteiger partial charge is 0.251 e. The van der Waals surface area contributed by atoms with Gasteiger partial charge in [-0.1, -0.05) is 6.07 Å². The summed E-state index contributed by atoms with van der Waals surface area (Å²) in [5.41, 5.74) is 0.524. The fourth-order valence-electron chi connectivity index (χ4n) is 2.70. The number of methoxy groups -OCH3 is 1. The van der Waals surface area contributed by atoms with E-state index in [1.165, 1.54) is 12.1 Å². The molecule has 0 aromatic heterocycles. The minimum absolute atomic E-state index is 0.217. The zero-order chi connectivity index (χ0) is 17.6. The molecule has 1 N–H and O–H groups in total. The normalized spacial score (nSPS) is 19.9. The molecule has 2 aromatic rings. The van der Waals surface area contributed by atoms with Crippen molar-refractivity contribution in [1.82, 2.24) is 5.32 Å². The van der Waals surface area contributed by atoms with E-state index < -0.39 is 0 Å². The lowest BCUT2D eigenvalue weighted by Crippen LogP contribution is -2.51. The highest BCUT2D eigenvalue weighted by molar-refractivity contribution is 5.94. The van der Waals surface area contributed by atoms with Crippen LogP contribution in [0.4, 0.5) is 4.39 Å². The van der Waals surface area contributed by atoms with Gasteiger partial charge in [0, 0.05) is 18.1 Å². The number of carbonyl (C=O) groups is 1. The molecule has 3 rings (SSSR count). The molecule has 2 aromatic carbocycles. The van der Waals surface area contributed by atoms with Crippen LogP contribution in [0.2, 0.25) is 0 Å². The zero-order valence-electron chi connectivity index (χ0n) is 13.9. The van der Waals surface area contributed by atoms with Crippen molar-refractivity contribution >= 4 is 5.91 Å². The quantitative estimate of drug-likeness (QED) is 0.905. The van der Waals surface area contributed by atoms with Gasteiger partial charge in [-0.25, -0.2) is 4.39 Å². The Bertz CT molecular complexity index is 720. The Balaban J connectivity index is 1.66. The highest BCUT2D eigenvalue weighted by Crippen LogP contribution is 2.20. The van der Waals surface area contributed by atoms with Crippen molar-refractivity contribution in [2.75, 3.05) is 20.3 Å². The molecular weight excluding hydrogens is 325 g/mol. The lowest BCUT2D eigenvalue weighted by atomic mass is 10.1. The topological polar surface area (TPSA) is 56.8 Å². The summed E-state index contributed by atoms with van der Waals surface area (Å²) in [6.45, 7) is 0.886. The molecule has 1 saturated heterocycles. The highest BCUT2D eigenvalue weighted by Gasteiger charge is 2.29. The van der Waals surface area contributed by atoms with Gasteiger partial charge in [-0.2, -0.15) is 0 Å². The fourth-order valence-corrected chi connectivity index (χ4v) is 2.70. The Labute approximate surface area is 145 Å². The number of carbonyl (C=O) groups excluding carboxylic acids is 1. The van der Waals surface area contributed by atoms with Gasteiger partial charge in [0.25, 0.3) is 5.91 Å². The predicted octanol–water partition coefficient (Wildman–Crippen LogP) is 2.80. The van der Waals surface area contributed by atoms with E-state index >= 15 is 0 Å². The van der Waals surface area contributed by atoms with E-state index in [2.05, 4.69) is 5.32 Å². The second-order valence-electron chi connectivity index (χ2n) is 5.79. The molecule has 0 spiro atoms. The Morgan fingerprint density at radius 2 is 2.00 bits per heavy atom. The van der Waals surface area contributed by atoms with Crippen LogP contribution in [0, 0.1) is 5.82 Å². The summed E-state index contributed by atoms with van der Waals surface area (Å²) in [7, 11) is 1.57. The van der Waals surface area contributed by atoms with Gasteiger partial charge in [-0.15, -0.1) is 0 Å². The second kappa shape index (κ2) is 7.98. The molecule has 1 fully saturated rings. The number of ether oxygens (including phenoxy) is 3. The van der Waals surface area contributed by atoms with E-state index in [0.717, 1.165) is 0 Å². The third-order valence-corrected chi connectivity index (χ3v) is 4.05. The van der Waals surface area contributed by atoms with Crippen molar-refractivity contribution in [3.63, 3.8) is 0 Å². The van der Waals surface area contributed by atoms with Crippen LogP contribution in [0.25, 0.3) is 0 Å². The minimum atomic E-state index is -0.358. The SMILES string of the molecule is COc1ccc(C(=O)NC2COCCC2Oc2cccc(F)c2)cc1. The Morgan fingerprint density at radius 3 is 2.72 bits per heavy atom. The van der Waals surface area contributed by atoms with Crippen LogP contribution in [0.5, 0.6) is 11.5 Å². The van der Waals surface area contributed by atoms with Crippen LogP contribution in [0.3, 0.4) is 0 Å². The Kier molecular flexibility index (Phi) is 5.50. The van der Waals surface area contributed by atoms with Crippen molar-refractivity contribution in [3.05, 3.63) is 59.9 Å². The van der Waals surface area contributed by atoms with E-state index in [4.69, 9.17) is 14.2 Å². The third kappa shape index (κ3) is 4.48. The molecule has 2 unspecified atom stereocenters. The maximum Gasteiger partial charge on any atom is 0.251 e. The highest BCUT2D eigenvalue weighted by atomic mass is 19.1. The lowest BCUT2D eigenvalue weighted by molar-refractivity contribution is -0.00297. The standard InChI is InChI=1S/C19H20FNO4/c1-23-15-7-5-13(6-8-15)19(22)21-17-12-24-10-9-18(17)25-16-4-2-3-14(20)11-16/h2-8,11,17-18H,9-10,12H2,1H3,(H,21,22). The molecule has 1 aliphatic heterocycles. The van der Waals surface area contributed by atoms with Crippen LogP contribution in [0.1, 0.15) is 16.8 Å². The number of amides is 1. The summed E-state index contributed by atoms with van der Waals surface area (Å²) in [5.74, 6) is 0.551. The predicted molar refractivity (Wildman–Crippen MR) is 90.5 cm³/mol. The Morgan fingerprint density at radius 1 is 1.20 bits per heavy atom. The molecule has 0 radical (unpaired) electrons.